The summed E-state index contributed by atoms with van der Waals surface area (Å²) in [6.07, 6.45) is -1.53. The third-order valence-electron chi connectivity index (χ3n) is 2.33. The normalized spacial score (nSPS) is 11.4. The molecule has 1 heterocycles. The van der Waals surface area contributed by atoms with Crippen LogP contribution in [0.25, 0.3) is 0 Å². The van der Waals surface area contributed by atoms with Crippen molar-refractivity contribution in [2.24, 2.45) is 0 Å². The van der Waals surface area contributed by atoms with Crippen molar-refractivity contribution >= 4 is 17.5 Å². The van der Waals surface area contributed by atoms with E-state index in [-0.39, 0.29) is 6.54 Å². The van der Waals surface area contributed by atoms with Crippen molar-refractivity contribution < 1.29 is 13.2 Å². The third kappa shape index (κ3) is 3.82. The predicted octanol–water partition coefficient (Wildman–Crippen LogP) is 3.76. The average molecular weight is 288 g/mol. The molecule has 0 aliphatic carbocycles. The molecule has 0 saturated heterocycles. The predicted molar refractivity (Wildman–Crippen MR) is 65.8 cm³/mol. The van der Waals surface area contributed by atoms with E-state index < -0.39 is 11.7 Å². The van der Waals surface area contributed by atoms with Gasteiger partial charge in [0.05, 0.1) is 23.0 Å². The van der Waals surface area contributed by atoms with Crippen molar-refractivity contribution in [3.05, 3.63) is 52.8 Å². The molecule has 0 aliphatic rings. The highest BCUT2D eigenvalue weighted by Crippen LogP contribution is 2.29. The lowest BCUT2D eigenvalue weighted by molar-refractivity contribution is -0.137. The summed E-state index contributed by atoms with van der Waals surface area (Å²) in [5.41, 5.74) is -0.183. The number of anilines is 1. The van der Waals surface area contributed by atoms with E-state index in [0.29, 0.717) is 16.5 Å². The molecule has 19 heavy (non-hydrogen) atoms. The molecule has 0 bridgehead atoms. The Balaban J connectivity index is 2.05. The van der Waals surface area contributed by atoms with E-state index in [1.54, 1.807) is 6.07 Å². The Hall–Kier alpha value is -1.82. The largest absolute Gasteiger partial charge is 0.416 e. The average Bonchev–Trinajstić information content (AvgIpc) is 2.37. The van der Waals surface area contributed by atoms with Crippen molar-refractivity contribution in [3.63, 3.8) is 0 Å². The molecule has 0 fully saturated rings. The molecular formula is C12H9ClF3N3. The van der Waals surface area contributed by atoms with Crippen LogP contribution in [-0.4, -0.2) is 9.97 Å². The van der Waals surface area contributed by atoms with Crippen molar-refractivity contribution in [1.29, 1.82) is 0 Å². The molecule has 0 saturated carbocycles. The molecule has 0 atom stereocenters. The van der Waals surface area contributed by atoms with Gasteiger partial charge >= 0.3 is 6.18 Å². The van der Waals surface area contributed by atoms with E-state index in [1.165, 1.54) is 18.5 Å². The standard InChI is InChI=1S/C12H9ClF3N3/c13-10-6-18-11(19-7-10)17-5-8-2-1-3-9(4-8)12(14,15)16/h1-4,6-7H,5H2,(H,17,18,19). The van der Waals surface area contributed by atoms with E-state index in [2.05, 4.69) is 15.3 Å². The number of nitrogens with zero attached hydrogens (tertiary/aromatic N) is 2. The first-order chi connectivity index (χ1) is 8.95. The first-order valence-electron chi connectivity index (χ1n) is 5.33. The van der Waals surface area contributed by atoms with Gasteiger partial charge in [-0.05, 0) is 17.7 Å². The maximum atomic E-state index is 12.5. The molecule has 2 aromatic rings. The van der Waals surface area contributed by atoms with Crippen LogP contribution in [0.15, 0.2) is 36.7 Å². The van der Waals surface area contributed by atoms with Crippen LogP contribution in [0.4, 0.5) is 19.1 Å². The summed E-state index contributed by atoms with van der Waals surface area (Å²) >= 11 is 5.62. The topological polar surface area (TPSA) is 37.8 Å². The lowest BCUT2D eigenvalue weighted by Crippen LogP contribution is -2.07. The van der Waals surface area contributed by atoms with Crippen molar-refractivity contribution in [3.8, 4) is 0 Å². The Bertz CT molecular complexity index is 555. The van der Waals surface area contributed by atoms with Crippen LogP contribution in [-0.2, 0) is 12.7 Å². The molecule has 0 radical (unpaired) electrons. The van der Waals surface area contributed by atoms with Gasteiger partial charge in [-0.15, -0.1) is 0 Å². The van der Waals surface area contributed by atoms with Gasteiger partial charge in [0.1, 0.15) is 0 Å². The lowest BCUT2D eigenvalue weighted by Gasteiger charge is -2.09. The molecule has 0 unspecified atom stereocenters. The minimum atomic E-state index is -4.34. The SMILES string of the molecule is FC(F)(F)c1cccc(CNc2ncc(Cl)cn2)c1. The summed E-state index contributed by atoms with van der Waals surface area (Å²) in [7, 11) is 0. The number of halogens is 4. The third-order valence-corrected chi connectivity index (χ3v) is 2.52. The molecule has 1 aromatic carbocycles. The molecule has 0 spiro atoms. The molecule has 100 valence electrons. The van der Waals surface area contributed by atoms with Crippen molar-refractivity contribution in [2.45, 2.75) is 12.7 Å². The zero-order chi connectivity index (χ0) is 13.9. The molecule has 1 N–H and O–H groups in total. The highest BCUT2D eigenvalue weighted by molar-refractivity contribution is 6.30. The molecule has 7 heteroatoms. The second-order valence-electron chi connectivity index (χ2n) is 3.78. The molecule has 0 aliphatic heterocycles. The molecular weight excluding hydrogens is 279 g/mol. The maximum absolute atomic E-state index is 12.5. The Morgan fingerprint density at radius 2 is 1.84 bits per heavy atom. The van der Waals surface area contributed by atoms with Gasteiger partial charge in [-0.2, -0.15) is 13.2 Å². The zero-order valence-corrected chi connectivity index (χ0v) is 10.3. The highest BCUT2D eigenvalue weighted by atomic mass is 35.5. The highest BCUT2D eigenvalue weighted by Gasteiger charge is 2.30. The first-order valence-corrected chi connectivity index (χ1v) is 5.70. The number of nitrogens with one attached hydrogen (secondary N) is 1. The minimum absolute atomic E-state index is 0.200. The Morgan fingerprint density at radius 3 is 2.47 bits per heavy atom. The number of hydrogen-bond acceptors (Lipinski definition) is 3. The number of benzene rings is 1. The van der Waals surface area contributed by atoms with Gasteiger partial charge in [0.15, 0.2) is 0 Å². The summed E-state index contributed by atoms with van der Waals surface area (Å²) in [5.74, 6) is 0.307. The van der Waals surface area contributed by atoms with Crippen LogP contribution in [0.3, 0.4) is 0 Å². The van der Waals surface area contributed by atoms with Crippen LogP contribution < -0.4 is 5.32 Å². The fraction of sp³-hybridized carbons (Fsp3) is 0.167. The molecule has 2 rings (SSSR count). The maximum Gasteiger partial charge on any atom is 0.416 e. The number of hydrogen-bond donors (Lipinski definition) is 1. The Labute approximate surface area is 112 Å². The van der Waals surface area contributed by atoms with Crippen LogP contribution in [0, 0.1) is 0 Å². The summed E-state index contributed by atoms with van der Waals surface area (Å²) in [4.78, 5) is 7.78. The lowest BCUT2D eigenvalue weighted by atomic mass is 10.1. The molecule has 0 amide bonds. The van der Waals surface area contributed by atoms with E-state index in [1.807, 2.05) is 0 Å². The van der Waals surface area contributed by atoms with Crippen LogP contribution in [0.5, 0.6) is 0 Å². The summed E-state index contributed by atoms with van der Waals surface area (Å²) in [6, 6.07) is 5.08. The minimum Gasteiger partial charge on any atom is -0.350 e. The van der Waals surface area contributed by atoms with Crippen molar-refractivity contribution in [1.82, 2.24) is 9.97 Å². The van der Waals surface area contributed by atoms with Crippen LogP contribution in [0.2, 0.25) is 5.02 Å². The van der Waals surface area contributed by atoms with E-state index >= 15 is 0 Å². The second kappa shape index (κ2) is 5.44. The Morgan fingerprint density at radius 1 is 1.16 bits per heavy atom. The fourth-order valence-corrected chi connectivity index (χ4v) is 1.54. The summed E-state index contributed by atoms with van der Waals surface area (Å²) < 4.78 is 37.5. The first kappa shape index (κ1) is 13.6. The summed E-state index contributed by atoms with van der Waals surface area (Å²) in [6.45, 7) is 0.200. The monoisotopic (exact) mass is 287 g/mol. The number of rotatable bonds is 3. The Kier molecular flexibility index (Phi) is 3.90. The van der Waals surface area contributed by atoms with Crippen molar-refractivity contribution in [2.75, 3.05) is 5.32 Å². The van der Waals surface area contributed by atoms with Crippen LogP contribution >= 0.6 is 11.6 Å². The molecule has 3 nitrogen and oxygen atoms in total. The molecule has 1 aromatic heterocycles. The zero-order valence-electron chi connectivity index (χ0n) is 9.58. The van der Waals surface area contributed by atoms with Gasteiger partial charge in [-0.3, -0.25) is 0 Å². The number of aromatic nitrogens is 2. The smallest absolute Gasteiger partial charge is 0.350 e. The van der Waals surface area contributed by atoms with E-state index in [4.69, 9.17) is 11.6 Å². The number of alkyl halides is 3. The summed E-state index contributed by atoms with van der Waals surface area (Å²) in [5, 5.41) is 3.21. The van der Waals surface area contributed by atoms with E-state index in [0.717, 1.165) is 12.1 Å². The van der Waals surface area contributed by atoms with Gasteiger partial charge in [-0.1, -0.05) is 23.7 Å². The fourth-order valence-electron chi connectivity index (χ4n) is 1.44. The quantitative estimate of drug-likeness (QED) is 0.934. The van der Waals surface area contributed by atoms with Gasteiger partial charge in [0.25, 0.3) is 0 Å². The van der Waals surface area contributed by atoms with E-state index in [9.17, 15) is 13.2 Å². The van der Waals surface area contributed by atoms with Gasteiger partial charge in [0.2, 0.25) is 5.95 Å². The second-order valence-corrected chi connectivity index (χ2v) is 4.21. The van der Waals surface area contributed by atoms with Crippen LogP contribution in [0.1, 0.15) is 11.1 Å². The van der Waals surface area contributed by atoms with Gasteiger partial charge < -0.3 is 5.32 Å². The van der Waals surface area contributed by atoms with Gasteiger partial charge in [-0.25, -0.2) is 9.97 Å². The van der Waals surface area contributed by atoms with Gasteiger partial charge in [0, 0.05) is 6.54 Å².